The number of ether oxygens (including phenoxy) is 1. The minimum atomic E-state index is -0.413. The molecule has 2 rings (SSSR count). The van der Waals surface area contributed by atoms with Crippen molar-refractivity contribution < 1.29 is 9.53 Å². The Balaban J connectivity index is 1.68. The standard InChI is InChI=1S/C17H32N2O2S/c1-17(2,3)21-16(20)19(4)15-7-5-14(6-8-15)18-11-13-9-10-22-12-13/h13-15,18H,5-12H2,1-4H3. The Kier molecular flexibility index (Phi) is 6.45. The molecule has 2 fully saturated rings. The van der Waals surface area contributed by atoms with E-state index in [2.05, 4.69) is 17.1 Å². The third-order valence-corrected chi connectivity index (χ3v) is 5.88. The molecule has 1 saturated heterocycles. The van der Waals surface area contributed by atoms with Gasteiger partial charge in [-0.2, -0.15) is 11.8 Å². The number of nitrogens with zero attached hydrogens (tertiary/aromatic N) is 1. The summed E-state index contributed by atoms with van der Waals surface area (Å²) in [5.74, 6) is 3.52. The molecule has 4 nitrogen and oxygen atoms in total. The Morgan fingerprint density at radius 3 is 2.45 bits per heavy atom. The SMILES string of the molecule is CN(C(=O)OC(C)(C)C)C1CCC(NCC2CCSC2)CC1. The van der Waals surface area contributed by atoms with Crippen LogP contribution < -0.4 is 5.32 Å². The van der Waals surface area contributed by atoms with Crippen LogP contribution >= 0.6 is 11.8 Å². The van der Waals surface area contributed by atoms with Crippen molar-refractivity contribution >= 4 is 17.9 Å². The normalized spacial score (nSPS) is 29.4. The topological polar surface area (TPSA) is 41.6 Å². The summed E-state index contributed by atoms with van der Waals surface area (Å²) in [5, 5.41) is 3.74. The van der Waals surface area contributed by atoms with Gasteiger partial charge in [-0.15, -0.1) is 0 Å². The van der Waals surface area contributed by atoms with E-state index in [1.54, 1.807) is 4.90 Å². The van der Waals surface area contributed by atoms with Crippen LogP contribution in [0.3, 0.4) is 0 Å². The van der Waals surface area contributed by atoms with Gasteiger partial charge in [0.15, 0.2) is 0 Å². The Morgan fingerprint density at radius 2 is 1.91 bits per heavy atom. The maximum absolute atomic E-state index is 12.1. The summed E-state index contributed by atoms with van der Waals surface area (Å²) in [4.78, 5) is 13.9. The van der Waals surface area contributed by atoms with Gasteiger partial charge < -0.3 is 15.0 Å². The van der Waals surface area contributed by atoms with Crippen molar-refractivity contribution in [2.24, 2.45) is 5.92 Å². The lowest BCUT2D eigenvalue weighted by molar-refractivity contribution is 0.0179. The molecule has 5 heteroatoms. The molecule has 1 unspecified atom stereocenters. The summed E-state index contributed by atoms with van der Waals surface area (Å²) in [6.45, 7) is 6.92. The molecule has 0 radical (unpaired) electrons. The largest absolute Gasteiger partial charge is 0.444 e. The van der Waals surface area contributed by atoms with Gasteiger partial charge in [0.2, 0.25) is 0 Å². The van der Waals surface area contributed by atoms with E-state index in [4.69, 9.17) is 4.74 Å². The van der Waals surface area contributed by atoms with Crippen molar-refractivity contribution in [3.8, 4) is 0 Å². The molecule has 2 aliphatic rings. The second-order valence-corrected chi connectivity index (χ2v) is 8.88. The van der Waals surface area contributed by atoms with E-state index in [0.29, 0.717) is 12.1 Å². The summed E-state index contributed by atoms with van der Waals surface area (Å²) in [6.07, 6.45) is 5.66. The van der Waals surface area contributed by atoms with Crippen molar-refractivity contribution in [3.63, 3.8) is 0 Å². The highest BCUT2D eigenvalue weighted by molar-refractivity contribution is 7.99. The zero-order valence-electron chi connectivity index (χ0n) is 14.6. The number of hydrogen-bond donors (Lipinski definition) is 1. The molecule has 1 aliphatic heterocycles. The van der Waals surface area contributed by atoms with Crippen LogP contribution in [0, 0.1) is 5.92 Å². The molecular formula is C17H32N2O2S. The van der Waals surface area contributed by atoms with Crippen LogP contribution in [0.4, 0.5) is 4.79 Å². The van der Waals surface area contributed by atoms with Gasteiger partial charge in [-0.05, 0) is 76.8 Å². The Bertz CT molecular complexity index is 356. The van der Waals surface area contributed by atoms with E-state index in [1.165, 1.54) is 24.5 Å². The van der Waals surface area contributed by atoms with Crippen molar-refractivity contribution in [1.82, 2.24) is 10.2 Å². The lowest BCUT2D eigenvalue weighted by atomic mass is 9.90. The lowest BCUT2D eigenvalue weighted by Gasteiger charge is -2.36. The molecule has 1 N–H and O–H groups in total. The number of hydrogen-bond acceptors (Lipinski definition) is 4. The van der Waals surface area contributed by atoms with Crippen molar-refractivity contribution in [2.75, 3.05) is 25.1 Å². The van der Waals surface area contributed by atoms with Crippen LogP contribution in [0.15, 0.2) is 0 Å². The van der Waals surface area contributed by atoms with E-state index < -0.39 is 5.60 Å². The molecule has 0 aromatic heterocycles. The summed E-state index contributed by atoms with van der Waals surface area (Å²) in [7, 11) is 1.88. The van der Waals surface area contributed by atoms with Gasteiger partial charge in [-0.3, -0.25) is 0 Å². The van der Waals surface area contributed by atoms with E-state index in [0.717, 1.165) is 31.6 Å². The number of amides is 1. The maximum Gasteiger partial charge on any atom is 0.410 e. The Hall–Kier alpha value is -0.420. The fourth-order valence-corrected chi connectivity index (χ4v) is 4.51. The predicted octanol–water partition coefficient (Wildman–Crippen LogP) is 3.51. The predicted molar refractivity (Wildman–Crippen MR) is 93.5 cm³/mol. The number of rotatable bonds is 4. The first-order valence-corrected chi connectivity index (χ1v) is 9.77. The van der Waals surface area contributed by atoms with Crippen LogP contribution in [0.25, 0.3) is 0 Å². The molecule has 1 amide bonds. The van der Waals surface area contributed by atoms with Gasteiger partial charge in [0.25, 0.3) is 0 Å². The Labute approximate surface area is 139 Å². The number of carbonyl (C=O) groups excluding carboxylic acids is 1. The lowest BCUT2D eigenvalue weighted by Crippen LogP contribution is -2.45. The minimum Gasteiger partial charge on any atom is -0.444 e. The third-order valence-electron chi connectivity index (χ3n) is 4.65. The van der Waals surface area contributed by atoms with Crippen molar-refractivity contribution in [2.45, 2.75) is 70.6 Å². The van der Waals surface area contributed by atoms with Crippen molar-refractivity contribution in [1.29, 1.82) is 0 Å². The molecule has 0 aromatic rings. The molecule has 0 bridgehead atoms. The average molecular weight is 329 g/mol. The van der Waals surface area contributed by atoms with Gasteiger partial charge in [-0.1, -0.05) is 0 Å². The maximum atomic E-state index is 12.1. The van der Waals surface area contributed by atoms with Crippen molar-refractivity contribution in [3.05, 3.63) is 0 Å². The molecule has 1 heterocycles. The summed E-state index contributed by atoms with van der Waals surface area (Å²) < 4.78 is 5.46. The molecule has 1 saturated carbocycles. The highest BCUT2D eigenvalue weighted by Gasteiger charge is 2.29. The van der Waals surface area contributed by atoms with Gasteiger partial charge >= 0.3 is 6.09 Å². The highest BCUT2D eigenvalue weighted by atomic mass is 32.2. The van der Waals surface area contributed by atoms with Gasteiger partial charge in [0, 0.05) is 19.1 Å². The molecule has 1 aliphatic carbocycles. The van der Waals surface area contributed by atoms with Gasteiger partial charge in [0.1, 0.15) is 5.60 Å². The van der Waals surface area contributed by atoms with E-state index >= 15 is 0 Å². The van der Waals surface area contributed by atoms with E-state index in [-0.39, 0.29) is 6.09 Å². The van der Waals surface area contributed by atoms with E-state index in [9.17, 15) is 4.79 Å². The molecule has 0 spiro atoms. The minimum absolute atomic E-state index is 0.188. The second kappa shape index (κ2) is 7.91. The smallest absolute Gasteiger partial charge is 0.410 e. The zero-order chi connectivity index (χ0) is 16.2. The van der Waals surface area contributed by atoms with Gasteiger partial charge in [-0.25, -0.2) is 4.79 Å². The van der Waals surface area contributed by atoms with Crippen LogP contribution in [0.5, 0.6) is 0 Å². The van der Waals surface area contributed by atoms with Crippen LogP contribution in [-0.4, -0.2) is 53.8 Å². The fraction of sp³-hybridized carbons (Fsp3) is 0.941. The highest BCUT2D eigenvalue weighted by Crippen LogP contribution is 2.26. The number of nitrogens with one attached hydrogen (secondary N) is 1. The quantitative estimate of drug-likeness (QED) is 0.857. The monoisotopic (exact) mass is 328 g/mol. The average Bonchev–Trinajstić information content (AvgIpc) is 2.96. The molecular weight excluding hydrogens is 296 g/mol. The molecule has 1 atom stereocenters. The first-order valence-electron chi connectivity index (χ1n) is 8.62. The summed E-state index contributed by atoms with van der Waals surface area (Å²) in [5.41, 5.74) is -0.413. The van der Waals surface area contributed by atoms with Crippen LogP contribution in [0.1, 0.15) is 52.9 Å². The second-order valence-electron chi connectivity index (χ2n) is 7.73. The summed E-state index contributed by atoms with van der Waals surface area (Å²) in [6, 6.07) is 0.962. The number of thioether (sulfide) groups is 1. The summed E-state index contributed by atoms with van der Waals surface area (Å²) >= 11 is 2.08. The number of carbonyl (C=O) groups is 1. The van der Waals surface area contributed by atoms with Crippen LogP contribution in [-0.2, 0) is 4.74 Å². The van der Waals surface area contributed by atoms with Gasteiger partial charge in [0.05, 0.1) is 0 Å². The molecule has 22 heavy (non-hydrogen) atoms. The molecule has 128 valence electrons. The van der Waals surface area contributed by atoms with Crippen LogP contribution in [0.2, 0.25) is 0 Å². The third kappa shape index (κ3) is 5.65. The fourth-order valence-electron chi connectivity index (χ4n) is 3.23. The Morgan fingerprint density at radius 1 is 1.23 bits per heavy atom. The first-order chi connectivity index (χ1) is 10.3. The van der Waals surface area contributed by atoms with E-state index in [1.807, 2.05) is 27.8 Å². The first kappa shape index (κ1) is 17.9. The zero-order valence-corrected chi connectivity index (χ0v) is 15.4. The molecule has 0 aromatic carbocycles.